The Balaban J connectivity index is 2.29. The molecule has 0 unspecified atom stereocenters. The largest absolute Gasteiger partial charge is 0.516 e. The maximum Gasteiger partial charge on any atom is 0.516 e. The van der Waals surface area contributed by atoms with Crippen molar-refractivity contribution in [2.75, 3.05) is 12.0 Å². The average Bonchev–Trinajstić information content (AvgIpc) is 2.43. The molecule has 0 saturated carbocycles. The molecule has 2 N–H and O–H groups in total. The number of carbonyl (C=O) groups excluding carboxylic acids is 2. The lowest BCUT2D eigenvalue weighted by Crippen LogP contribution is -2.34. The van der Waals surface area contributed by atoms with Gasteiger partial charge in [0.2, 0.25) is 0 Å². The van der Waals surface area contributed by atoms with Crippen LogP contribution in [0.1, 0.15) is 12.0 Å². The first-order valence-electron chi connectivity index (χ1n) is 5.80. The van der Waals surface area contributed by atoms with Crippen molar-refractivity contribution >= 4 is 23.9 Å². The summed E-state index contributed by atoms with van der Waals surface area (Å²) in [5.74, 6) is -0.0258. The Labute approximate surface area is 116 Å². The molecular weight excluding hydrogens is 266 g/mol. The number of hydrogen-bond donors (Lipinski definition) is 1. The summed E-state index contributed by atoms with van der Waals surface area (Å²) in [5, 5.41) is 0. The van der Waals surface area contributed by atoms with Gasteiger partial charge >= 0.3 is 12.1 Å². The lowest BCUT2D eigenvalue weighted by molar-refractivity contribution is -0.141. The van der Waals surface area contributed by atoms with Crippen LogP contribution in [0.25, 0.3) is 0 Å². The van der Waals surface area contributed by atoms with E-state index in [1.807, 2.05) is 24.5 Å². The third-order valence-electron chi connectivity index (χ3n) is 2.32. The van der Waals surface area contributed by atoms with Crippen LogP contribution >= 0.6 is 11.8 Å². The highest BCUT2D eigenvalue weighted by Crippen LogP contribution is 2.04. The van der Waals surface area contributed by atoms with Crippen molar-refractivity contribution in [3.63, 3.8) is 0 Å². The summed E-state index contributed by atoms with van der Waals surface area (Å²) in [6.07, 6.45) is 1.35. The van der Waals surface area contributed by atoms with Crippen LogP contribution in [0, 0.1) is 0 Å². The number of hydrogen-bond acceptors (Lipinski definition) is 6. The molecule has 0 radical (unpaired) electrons. The van der Waals surface area contributed by atoms with Crippen LogP contribution in [0.3, 0.4) is 0 Å². The molecule has 1 atom stereocenters. The molecule has 0 fully saturated rings. The number of rotatable bonds is 6. The molecule has 0 aliphatic heterocycles. The van der Waals surface area contributed by atoms with Crippen molar-refractivity contribution in [2.24, 2.45) is 5.73 Å². The smallest absolute Gasteiger partial charge is 0.429 e. The van der Waals surface area contributed by atoms with Gasteiger partial charge < -0.3 is 15.2 Å². The fourth-order valence-electron chi connectivity index (χ4n) is 1.27. The monoisotopic (exact) mass is 283 g/mol. The molecule has 19 heavy (non-hydrogen) atoms. The van der Waals surface area contributed by atoms with E-state index in [1.165, 1.54) is 0 Å². The number of nitrogens with two attached hydrogens (primary N) is 1. The van der Waals surface area contributed by atoms with E-state index in [-0.39, 0.29) is 6.61 Å². The first kappa shape index (κ1) is 15.5. The Kier molecular flexibility index (Phi) is 6.99. The van der Waals surface area contributed by atoms with E-state index in [0.717, 1.165) is 11.3 Å². The van der Waals surface area contributed by atoms with Gasteiger partial charge in [0, 0.05) is 0 Å². The van der Waals surface area contributed by atoms with Gasteiger partial charge in [0.15, 0.2) is 0 Å². The minimum Gasteiger partial charge on any atom is -0.429 e. The van der Waals surface area contributed by atoms with Gasteiger partial charge in [-0.25, -0.2) is 9.59 Å². The maximum atomic E-state index is 11.4. The summed E-state index contributed by atoms with van der Waals surface area (Å²) in [7, 11) is 0. The minimum absolute atomic E-state index is 0.0625. The number of thioether (sulfide) groups is 1. The van der Waals surface area contributed by atoms with E-state index in [1.54, 1.807) is 23.9 Å². The fourth-order valence-corrected chi connectivity index (χ4v) is 1.76. The molecule has 0 aliphatic rings. The topological polar surface area (TPSA) is 78.6 Å². The quantitative estimate of drug-likeness (QED) is 0.635. The van der Waals surface area contributed by atoms with E-state index < -0.39 is 18.2 Å². The normalized spacial score (nSPS) is 11.7. The highest BCUT2D eigenvalue weighted by atomic mass is 32.2. The number of esters is 1. The summed E-state index contributed by atoms with van der Waals surface area (Å²) >= 11 is 1.57. The van der Waals surface area contributed by atoms with Crippen LogP contribution in [0.5, 0.6) is 0 Å². The van der Waals surface area contributed by atoms with E-state index in [9.17, 15) is 9.59 Å². The van der Waals surface area contributed by atoms with Crippen molar-refractivity contribution in [3.05, 3.63) is 35.9 Å². The molecule has 0 heterocycles. The molecule has 0 amide bonds. The van der Waals surface area contributed by atoms with Crippen LogP contribution in [-0.2, 0) is 20.9 Å². The molecule has 5 nitrogen and oxygen atoms in total. The summed E-state index contributed by atoms with van der Waals surface area (Å²) in [6.45, 7) is 0.0625. The van der Waals surface area contributed by atoms with Gasteiger partial charge in [-0.2, -0.15) is 11.8 Å². The standard InChI is InChI=1S/C13H17NO4S/c1-19-8-7-11(14)12(15)18-13(16)17-9-10-5-3-2-4-6-10/h2-6,11H,7-9,14H2,1H3/t11-/m0/s1. The maximum absolute atomic E-state index is 11.4. The lowest BCUT2D eigenvalue weighted by Gasteiger charge is -2.09. The first-order chi connectivity index (χ1) is 9.13. The van der Waals surface area contributed by atoms with Crippen molar-refractivity contribution in [3.8, 4) is 0 Å². The number of ether oxygens (including phenoxy) is 2. The zero-order chi connectivity index (χ0) is 14.1. The van der Waals surface area contributed by atoms with Gasteiger partial charge in [0.05, 0.1) is 0 Å². The molecule has 0 aliphatic carbocycles. The molecule has 0 spiro atoms. The molecule has 6 heteroatoms. The zero-order valence-electron chi connectivity index (χ0n) is 10.7. The van der Waals surface area contributed by atoms with Crippen molar-refractivity contribution in [1.82, 2.24) is 0 Å². The van der Waals surface area contributed by atoms with E-state index >= 15 is 0 Å². The summed E-state index contributed by atoms with van der Waals surface area (Å²) in [5.41, 5.74) is 6.38. The van der Waals surface area contributed by atoms with Gasteiger partial charge in [-0.3, -0.25) is 0 Å². The average molecular weight is 283 g/mol. The minimum atomic E-state index is -1.02. The molecule has 0 bridgehead atoms. The van der Waals surface area contributed by atoms with Crippen LogP contribution in [0.15, 0.2) is 30.3 Å². The first-order valence-corrected chi connectivity index (χ1v) is 7.19. The second kappa shape index (κ2) is 8.55. The van der Waals surface area contributed by atoms with Gasteiger partial charge in [-0.15, -0.1) is 0 Å². The Hall–Kier alpha value is -1.53. The SMILES string of the molecule is CSCC[C@H](N)C(=O)OC(=O)OCc1ccccc1. The van der Waals surface area contributed by atoms with Crippen molar-refractivity contribution in [1.29, 1.82) is 0 Å². The van der Waals surface area contributed by atoms with Crippen LogP contribution < -0.4 is 5.73 Å². The molecular formula is C13H17NO4S. The third kappa shape index (κ3) is 6.26. The Bertz CT molecular complexity index is 410. The molecule has 0 aromatic heterocycles. The fraction of sp³-hybridized carbons (Fsp3) is 0.385. The van der Waals surface area contributed by atoms with Crippen molar-refractivity contribution < 1.29 is 19.1 Å². The molecule has 1 aromatic carbocycles. The Morgan fingerprint density at radius 2 is 2.00 bits per heavy atom. The zero-order valence-corrected chi connectivity index (χ0v) is 11.5. The van der Waals surface area contributed by atoms with Crippen molar-refractivity contribution in [2.45, 2.75) is 19.1 Å². The lowest BCUT2D eigenvalue weighted by atomic mass is 10.2. The second-order valence-corrected chi connectivity index (χ2v) is 4.82. The van der Waals surface area contributed by atoms with Gasteiger partial charge in [0.1, 0.15) is 12.6 Å². The predicted molar refractivity (Wildman–Crippen MR) is 73.7 cm³/mol. The van der Waals surface area contributed by atoms with Gasteiger partial charge in [-0.05, 0) is 24.0 Å². The van der Waals surface area contributed by atoms with Crippen LogP contribution in [0.4, 0.5) is 4.79 Å². The van der Waals surface area contributed by atoms with E-state index in [0.29, 0.717) is 6.42 Å². The number of benzene rings is 1. The number of carbonyl (C=O) groups is 2. The van der Waals surface area contributed by atoms with Gasteiger partial charge in [-0.1, -0.05) is 30.3 Å². The molecule has 0 saturated heterocycles. The van der Waals surface area contributed by atoms with Gasteiger partial charge in [0.25, 0.3) is 0 Å². The second-order valence-electron chi connectivity index (χ2n) is 3.83. The van der Waals surface area contributed by atoms with E-state index in [2.05, 4.69) is 4.74 Å². The Morgan fingerprint density at radius 1 is 1.32 bits per heavy atom. The molecule has 1 aromatic rings. The molecule has 1 rings (SSSR count). The predicted octanol–water partition coefficient (Wildman–Crippen LogP) is 1.95. The third-order valence-corrected chi connectivity index (χ3v) is 2.96. The van der Waals surface area contributed by atoms with Crippen LogP contribution in [0.2, 0.25) is 0 Å². The highest BCUT2D eigenvalue weighted by Gasteiger charge is 2.19. The highest BCUT2D eigenvalue weighted by molar-refractivity contribution is 7.98. The van der Waals surface area contributed by atoms with E-state index in [4.69, 9.17) is 10.5 Å². The Morgan fingerprint density at radius 3 is 2.63 bits per heavy atom. The summed E-state index contributed by atoms with van der Waals surface area (Å²) < 4.78 is 9.31. The molecule has 104 valence electrons. The summed E-state index contributed by atoms with van der Waals surface area (Å²) in [4.78, 5) is 22.7. The van der Waals surface area contributed by atoms with Crippen LogP contribution in [-0.4, -0.2) is 30.2 Å². The summed E-state index contributed by atoms with van der Waals surface area (Å²) in [6, 6.07) is 8.33.